The molecule has 19 heteroatoms. The second-order valence-electron chi connectivity index (χ2n) is 13.5. The van der Waals surface area contributed by atoms with Gasteiger partial charge in [0.05, 0.1) is 42.1 Å². The Balaban J connectivity index is 1.53. The van der Waals surface area contributed by atoms with E-state index in [-0.39, 0.29) is 67.8 Å². The maximum absolute atomic E-state index is 14.2. The summed E-state index contributed by atoms with van der Waals surface area (Å²) in [4.78, 5) is 28.4. The number of carboxylic acid groups (broad SMARTS) is 1. The van der Waals surface area contributed by atoms with Gasteiger partial charge in [-0.05, 0) is 93.0 Å². The minimum absolute atomic E-state index is 0.113. The molecule has 2 aromatic rings. The van der Waals surface area contributed by atoms with E-state index in [0.717, 1.165) is 15.8 Å². The third-order valence-electron chi connectivity index (χ3n) is 10.0. The fourth-order valence-electron chi connectivity index (χ4n) is 7.53. The number of tetrazole rings is 1. The Kier molecular flexibility index (Phi) is 10.5. The molecule has 10 nitrogen and oxygen atoms in total. The Morgan fingerprint density at radius 1 is 0.940 bits per heavy atom. The number of anilines is 2. The second kappa shape index (κ2) is 14.1. The Morgan fingerprint density at radius 2 is 1.56 bits per heavy atom. The van der Waals surface area contributed by atoms with Crippen LogP contribution in [0, 0.1) is 30.6 Å². The van der Waals surface area contributed by atoms with Crippen LogP contribution in [0.25, 0.3) is 0 Å². The van der Waals surface area contributed by atoms with E-state index in [1.807, 2.05) is 0 Å². The van der Waals surface area contributed by atoms with Gasteiger partial charge in [0.25, 0.3) is 5.95 Å². The molecule has 1 aromatic heterocycles. The summed E-state index contributed by atoms with van der Waals surface area (Å²) >= 11 is 0. The van der Waals surface area contributed by atoms with Crippen molar-refractivity contribution in [2.24, 2.45) is 30.7 Å². The number of aliphatic carboxylic acids is 1. The molecule has 1 aliphatic heterocycles. The van der Waals surface area contributed by atoms with Crippen LogP contribution < -0.4 is 9.80 Å². The van der Waals surface area contributed by atoms with Gasteiger partial charge in [-0.25, -0.2) is 4.79 Å². The molecule has 2 aliphatic carbocycles. The van der Waals surface area contributed by atoms with Gasteiger partial charge in [0, 0.05) is 13.1 Å². The fraction of sp³-hybridized carbons (Fsp3) is 0.710. The van der Waals surface area contributed by atoms with Crippen LogP contribution in [0.1, 0.15) is 80.5 Å². The van der Waals surface area contributed by atoms with Crippen molar-refractivity contribution in [1.29, 1.82) is 0 Å². The number of amides is 1. The smallest absolute Gasteiger partial charge is 0.416 e. The molecule has 50 heavy (non-hydrogen) atoms. The van der Waals surface area contributed by atoms with E-state index in [1.54, 1.807) is 0 Å². The molecule has 0 saturated heterocycles. The number of carbonyl (C=O) groups is 2. The monoisotopic (exact) mass is 728 g/mol. The van der Waals surface area contributed by atoms with Crippen LogP contribution in [-0.2, 0) is 22.8 Å². The van der Waals surface area contributed by atoms with Gasteiger partial charge >= 0.3 is 30.6 Å². The number of benzene rings is 1. The maximum atomic E-state index is 14.2. The van der Waals surface area contributed by atoms with E-state index in [0.29, 0.717) is 0 Å². The number of hydrogen-bond donors (Lipinski definition) is 1. The zero-order valence-corrected chi connectivity index (χ0v) is 27.2. The van der Waals surface area contributed by atoms with Crippen LogP contribution in [0.4, 0.5) is 55.9 Å². The summed E-state index contributed by atoms with van der Waals surface area (Å²) in [6.45, 7) is 0.694. The van der Waals surface area contributed by atoms with Crippen molar-refractivity contribution < 1.29 is 58.9 Å². The number of rotatable bonds is 6. The molecule has 0 radical (unpaired) electrons. The van der Waals surface area contributed by atoms with Crippen molar-refractivity contribution in [2.75, 3.05) is 22.9 Å². The number of aryl methyl sites for hydroxylation is 2. The lowest BCUT2D eigenvalue weighted by molar-refractivity contribution is -0.228. The minimum atomic E-state index is -4.88. The molecule has 2 heterocycles. The third-order valence-corrected chi connectivity index (χ3v) is 10.0. The molecular weight excluding hydrogens is 691 g/mol. The van der Waals surface area contributed by atoms with Crippen molar-refractivity contribution in [1.82, 2.24) is 20.2 Å². The molecule has 3 aliphatic rings. The van der Waals surface area contributed by atoms with Gasteiger partial charge < -0.3 is 14.7 Å². The number of fused-ring (bicyclic) bond motifs is 1. The zero-order chi connectivity index (χ0) is 36.8. The lowest BCUT2D eigenvalue weighted by atomic mass is 9.74. The van der Waals surface area contributed by atoms with Gasteiger partial charge in [-0.1, -0.05) is 11.2 Å². The van der Waals surface area contributed by atoms with Crippen LogP contribution in [0.2, 0.25) is 0 Å². The van der Waals surface area contributed by atoms with Crippen molar-refractivity contribution in [2.45, 2.75) is 95.4 Å². The van der Waals surface area contributed by atoms with E-state index in [2.05, 4.69) is 15.4 Å². The number of halogens is 9. The Hall–Kier alpha value is -3.80. The van der Waals surface area contributed by atoms with Crippen LogP contribution in [0.5, 0.6) is 0 Å². The number of alkyl halides is 9. The highest BCUT2D eigenvalue weighted by atomic mass is 19.4. The Bertz CT molecular complexity index is 1520. The number of ether oxygens (including phenoxy) is 1. The summed E-state index contributed by atoms with van der Waals surface area (Å²) in [7, 11) is 1.40. The highest BCUT2D eigenvalue weighted by Gasteiger charge is 2.52. The standard InChI is InChI=1S/C31H37F9N6O4/c1-16-10-22-24(46(27-41-43-44(2)42-27)15-17-11-19(29(32,33)34)13-20(12-17)30(35,36)37)4-3-9-45(25(22)14-23(16)31(38,39)40)28(49)50-21-7-5-18(6-8-21)26(47)48/h10,14,17-21,24H,3-9,11-13,15H2,1-2H3,(H,47,48)/t17?,18?,19?,20?,21?,24-/m0/s1. The highest BCUT2D eigenvalue weighted by molar-refractivity contribution is 5.89. The van der Waals surface area contributed by atoms with Crippen molar-refractivity contribution in [3.8, 4) is 0 Å². The second-order valence-corrected chi connectivity index (χ2v) is 13.5. The van der Waals surface area contributed by atoms with Crippen LogP contribution in [-0.4, -0.2) is 68.9 Å². The van der Waals surface area contributed by atoms with Crippen LogP contribution in [0.15, 0.2) is 12.1 Å². The molecule has 1 aromatic carbocycles. The predicted molar refractivity (Wildman–Crippen MR) is 158 cm³/mol. The van der Waals surface area contributed by atoms with Gasteiger partial charge in [0.2, 0.25) is 0 Å². The first-order valence-electron chi connectivity index (χ1n) is 16.3. The van der Waals surface area contributed by atoms with E-state index in [4.69, 9.17) is 4.74 Å². The van der Waals surface area contributed by atoms with E-state index < -0.39 is 97.8 Å². The average Bonchev–Trinajstić information content (AvgIpc) is 3.36. The van der Waals surface area contributed by atoms with Gasteiger partial charge in [-0.3, -0.25) is 9.69 Å². The molecule has 278 valence electrons. The number of nitrogens with zero attached hydrogens (tertiary/aromatic N) is 6. The molecule has 5 rings (SSSR count). The van der Waals surface area contributed by atoms with Gasteiger partial charge in [-0.2, -0.15) is 44.3 Å². The minimum Gasteiger partial charge on any atom is -0.481 e. The molecule has 2 unspecified atom stereocenters. The van der Waals surface area contributed by atoms with E-state index in [1.165, 1.54) is 24.9 Å². The third kappa shape index (κ3) is 8.38. The first-order valence-corrected chi connectivity index (χ1v) is 16.3. The average molecular weight is 729 g/mol. The number of carbonyl (C=O) groups excluding carboxylic acids is 1. The Labute approximate surface area is 280 Å². The van der Waals surface area contributed by atoms with Crippen LogP contribution >= 0.6 is 0 Å². The summed E-state index contributed by atoms with van der Waals surface area (Å²) in [6, 6.07) is 1.04. The summed E-state index contributed by atoms with van der Waals surface area (Å²) in [5.41, 5.74) is -1.30. The van der Waals surface area contributed by atoms with Crippen LogP contribution in [0.3, 0.4) is 0 Å². The fourth-order valence-corrected chi connectivity index (χ4v) is 7.53. The topological polar surface area (TPSA) is 114 Å². The van der Waals surface area contributed by atoms with E-state index >= 15 is 0 Å². The first-order chi connectivity index (χ1) is 23.2. The summed E-state index contributed by atoms with van der Waals surface area (Å²) in [5, 5.41) is 21.2. The number of carboxylic acids is 1. The Morgan fingerprint density at radius 3 is 2.08 bits per heavy atom. The quantitative estimate of drug-likeness (QED) is 0.303. The van der Waals surface area contributed by atoms with E-state index in [9.17, 15) is 54.2 Å². The SMILES string of the molecule is Cc1cc2c(cc1C(F)(F)F)N(C(=O)OC1CCC(C(=O)O)CC1)CCC[C@@H]2N(CC1CC(C(F)(F)F)CC(C(F)(F)F)C1)c1nnn(C)n1. The number of hydrogen-bond acceptors (Lipinski definition) is 7. The normalized spacial score (nSPS) is 26.6. The lowest BCUT2D eigenvalue weighted by Gasteiger charge is -2.40. The number of aromatic nitrogens is 4. The predicted octanol–water partition coefficient (Wildman–Crippen LogP) is 7.62. The molecule has 3 atom stereocenters. The first kappa shape index (κ1) is 37.5. The summed E-state index contributed by atoms with van der Waals surface area (Å²) in [5.74, 6) is -7.34. The van der Waals surface area contributed by atoms with Crippen molar-refractivity contribution in [3.63, 3.8) is 0 Å². The van der Waals surface area contributed by atoms with Gasteiger partial charge in [-0.15, -0.1) is 5.10 Å². The molecular formula is C31H37F9N6O4. The lowest BCUT2D eigenvalue weighted by Crippen LogP contribution is -2.43. The molecule has 1 N–H and O–H groups in total. The van der Waals surface area contributed by atoms with Crippen molar-refractivity contribution in [3.05, 3.63) is 28.8 Å². The van der Waals surface area contributed by atoms with Crippen molar-refractivity contribution >= 4 is 23.7 Å². The van der Waals surface area contributed by atoms with Gasteiger partial charge in [0.1, 0.15) is 6.10 Å². The highest BCUT2D eigenvalue weighted by Crippen LogP contribution is 2.49. The molecule has 0 spiro atoms. The zero-order valence-electron chi connectivity index (χ0n) is 27.2. The summed E-state index contributed by atoms with van der Waals surface area (Å²) in [6.07, 6.45) is -17.3. The maximum Gasteiger partial charge on any atom is 0.416 e. The molecule has 2 fully saturated rings. The molecule has 0 bridgehead atoms. The van der Waals surface area contributed by atoms with Gasteiger partial charge in [0.15, 0.2) is 0 Å². The largest absolute Gasteiger partial charge is 0.481 e. The molecule has 1 amide bonds. The summed E-state index contributed by atoms with van der Waals surface area (Å²) < 4.78 is 132. The molecule has 2 saturated carbocycles.